The van der Waals surface area contributed by atoms with Crippen LogP contribution >= 0.6 is 0 Å². The normalized spacial score (nSPS) is 14.3. The molecule has 1 N–H and O–H groups in total. The maximum absolute atomic E-state index is 8.83. The molecular weight excluding hydrogens is 270 g/mol. The van der Waals surface area contributed by atoms with Crippen molar-refractivity contribution in [1.82, 2.24) is 4.98 Å². The van der Waals surface area contributed by atoms with Crippen molar-refractivity contribution >= 4 is 5.71 Å². The van der Waals surface area contributed by atoms with E-state index in [1.54, 1.807) is 36.5 Å². The maximum atomic E-state index is 8.83. The van der Waals surface area contributed by atoms with Crippen LogP contribution in [-0.4, -0.2) is 22.5 Å². The van der Waals surface area contributed by atoms with Crippen LogP contribution in [0, 0.1) is 11.3 Å². The van der Waals surface area contributed by atoms with E-state index in [1.165, 1.54) is 0 Å². The maximum Gasteiger partial charge on any atom is 0.140 e. The first-order valence-electron chi connectivity index (χ1n) is 6.26. The molecule has 0 amide bonds. The van der Waals surface area contributed by atoms with Crippen molar-refractivity contribution < 1.29 is 14.7 Å². The van der Waals surface area contributed by atoms with Gasteiger partial charge < -0.3 is 14.7 Å². The van der Waals surface area contributed by atoms with Crippen LogP contribution in [0.1, 0.15) is 16.8 Å². The average Bonchev–Trinajstić information content (AvgIpc) is 2.95. The summed E-state index contributed by atoms with van der Waals surface area (Å²) in [5, 5.41) is 20.8. The minimum absolute atomic E-state index is 0.255. The monoisotopic (exact) mass is 281 g/mol. The van der Waals surface area contributed by atoms with Crippen LogP contribution in [0.5, 0.6) is 11.5 Å². The minimum atomic E-state index is 0.255. The molecule has 2 aromatic rings. The third-order valence-electron chi connectivity index (χ3n) is 3.09. The number of rotatable bonds is 3. The van der Waals surface area contributed by atoms with Crippen LogP contribution in [0.25, 0.3) is 0 Å². The molecule has 0 unspecified atom stereocenters. The molecule has 0 fully saturated rings. The van der Waals surface area contributed by atoms with Gasteiger partial charge in [-0.15, -0.1) is 0 Å². The molecule has 21 heavy (non-hydrogen) atoms. The number of ether oxygens (including phenoxy) is 2. The van der Waals surface area contributed by atoms with Gasteiger partial charge in [0.25, 0.3) is 0 Å². The standard InChI is InChI=1S/C15H11N3O3/c16-7-11-5-10(3-4-17-11)8-20-12-1-2-13-14(18-19)9-21-15(13)6-12/h1-6,19H,8-9H2. The molecule has 6 nitrogen and oxygen atoms in total. The molecule has 0 saturated heterocycles. The summed E-state index contributed by atoms with van der Waals surface area (Å²) in [6.07, 6.45) is 1.58. The molecule has 0 atom stereocenters. The van der Waals surface area contributed by atoms with Crippen molar-refractivity contribution in [2.45, 2.75) is 6.61 Å². The Balaban J connectivity index is 1.73. The highest BCUT2D eigenvalue weighted by molar-refractivity contribution is 6.06. The van der Waals surface area contributed by atoms with Crippen LogP contribution in [0.2, 0.25) is 0 Å². The van der Waals surface area contributed by atoms with E-state index < -0.39 is 0 Å². The highest BCUT2D eigenvalue weighted by Crippen LogP contribution is 2.30. The summed E-state index contributed by atoms with van der Waals surface area (Å²) in [5.74, 6) is 1.27. The van der Waals surface area contributed by atoms with Crippen molar-refractivity contribution in [3.63, 3.8) is 0 Å². The molecule has 0 bridgehead atoms. The first-order chi connectivity index (χ1) is 10.3. The molecule has 3 rings (SSSR count). The zero-order chi connectivity index (χ0) is 14.7. The van der Waals surface area contributed by atoms with Crippen molar-refractivity contribution in [3.8, 4) is 17.6 Å². The zero-order valence-corrected chi connectivity index (χ0v) is 11.0. The SMILES string of the molecule is N#Cc1cc(COc2ccc3c(c2)OCC3=NO)ccn1. The van der Waals surface area contributed by atoms with Crippen molar-refractivity contribution in [2.75, 3.05) is 6.61 Å². The molecular formula is C15H11N3O3. The second kappa shape index (κ2) is 5.51. The van der Waals surface area contributed by atoms with Crippen molar-refractivity contribution in [3.05, 3.63) is 53.3 Å². The number of nitrogens with zero attached hydrogens (tertiary/aromatic N) is 3. The van der Waals surface area contributed by atoms with Crippen LogP contribution in [0.15, 0.2) is 41.7 Å². The molecule has 0 saturated carbocycles. The summed E-state index contributed by atoms with van der Waals surface area (Å²) in [4.78, 5) is 3.90. The predicted octanol–water partition coefficient (Wildman–Crippen LogP) is 2.10. The second-order valence-electron chi connectivity index (χ2n) is 4.44. The average molecular weight is 281 g/mol. The highest BCUT2D eigenvalue weighted by atomic mass is 16.5. The van der Waals surface area contributed by atoms with E-state index in [0.717, 1.165) is 11.1 Å². The van der Waals surface area contributed by atoms with E-state index >= 15 is 0 Å². The second-order valence-corrected chi connectivity index (χ2v) is 4.44. The van der Waals surface area contributed by atoms with Gasteiger partial charge in [-0.25, -0.2) is 4.98 Å². The number of benzene rings is 1. The van der Waals surface area contributed by atoms with Crippen molar-refractivity contribution in [2.24, 2.45) is 5.16 Å². The fourth-order valence-electron chi connectivity index (χ4n) is 2.05. The van der Waals surface area contributed by atoms with Crippen LogP contribution in [0.4, 0.5) is 0 Å². The Labute approximate surface area is 120 Å². The topological polar surface area (TPSA) is 87.7 Å². The number of pyridine rings is 1. The summed E-state index contributed by atoms with van der Waals surface area (Å²) in [6, 6.07) is 10.8. The molecule has 0 radical (unpaired) electrons. The fourth-order valence-corrected chi connectivity index (χ4v) is 2.05. The fraction of sp³-hybridized carbons (Fsp3) is 0.133. The van der Waals surface area contributed by atoms with Crippen molar-refractivity contribution in [1.29, 1.82) is 5.26 Å². The first kappa shape index (κ1) is 12.9. The summed E-state index contributed by atoms with van der Waals surface area (Å²) in [6.45, 7) is 0.585. The van der Waals surface area contributed by atoms with E-state index in [-0.39, 0.29) is 6.61 Å². The van der Waals surface area contributed by atoms with Gasteiger partial charge in [0.05, 0.1) is 0 Å². The van der Waals surface area contributed by atoms with E-state index in [4.69, 9.17) is 19.9 Å². The number of hydrogen-bond acceptors (Lipinski definition) is 6. The Morgan fingerprint density at radius 3 is 3.10 bits per heavy atom. The number of fused-ring (bicyclic) bond motifs is 1. The summed E-state index contributed by atoms with van der Waals surface area (Å²) >= 11 is 0. The van der Waals surface area contributed by atoms with Gasteiger partial charge in [0.15, 0.2) is 0 Å². The lowest BCUT2D eigenvalue weighted by Gasteiger charge is -2.07. The number of hydrogen-bond donors (Lipinski definition) is 1. The molecule has 104 valence electrons. The van der Waals surface area contributed by atoms with E-state index in [2.05, 4.69) is 10.1 Å². The Kier molecular flexibility index (Phi) is 3.39. The first-order valence-corrected chi connectivity index (χ1v) is 6.26. The van der Waals surface area contributed by atoms with Gasteiger partial charge in [-0.2, -0.15) is 5.26 Å². The van der Waals surface area contributed by atoms with Gasteiger partial charge in [-0.3, -0.25) is 0 Å². The van der Waals surface area contributed by atoms with Gasteiger partial charge in [-0.1, -0.05) is 5.16 Å². The Hall–Kier alpha value is -3.07. The molecule has 1 aliphatic heterocycles. The molecule has 0 aliphatic carbocycles. The third-order valence-corrected chi connectivity index (χ3v) is 3.09. The minimum Gasteiger partial charge on any atom is -0.489 e. The molecule has 1 aromatic carbocycles. The van der Waals surface area contributed by atoms with E-state index in [0.29, 0.717) is 29.5 Å². The van der Waals surface area contributed by atoms with Gasteiger partial charge in [0.1, 0.15) is 42.2 Å². The van der Waals surface area contributed by atoms with Gasteiger partial charge in [-0.05, 0) is 29.8 Å². The Bertz CT molecular complexity index is 750. The lowest BCUT2D eigenvalue weighted by molar-refractivity contribution is 0.302. The Morgan fingerprint density at radius 1 is 1.38 bits per heavy atom. The number of nitriles is 1. The van der Waals surface area contributed by atoms with Crippen LogP contribution in [-0.2, 0) is 6.61 Å². The lowest BCUT2D eigenvalue weighted by atomic mass is 10.1. The van der Waals surface area contributed by atoms with Crippen LogP contribution < -0.4 is 9.47 Å². The number of aromatic nitrogens is 1. The van der Waals surface area contributed by atoms with Gasteiger partial charge in [0.2, 0.25) is 0 Å². The molecule has 1 aromatic heterocycles. The summed E-state index contributed by atoms with van der Waals surface area (Å²) < 4.78 is 11.1. The molecule has 6 heteroatoms. The molecule has 1 aliphatic rings. The lowest BCUT2D eigenvalue weighted by Crippen LogP contribution is -2.01. The highest BCUT2D eigenvalue weighted by Gasteiger charge is 2.20. The summed E-state index contributed by atoms with van der Waals surface area (Å²) in [5.41, 5.74) is 2.49. The van der Waals surface area contributed by atoms with E-state index in [1.807, 2.05) is 6.07 Å². The largest absolute Gasteiger partial charge is 0.489 e. The van der Waals surface area contributed by atoms with Crippen LogP contribution in [0.3, 0.4) is 0 Å². The predicted molar refractivity (Wildman–Crippen MR) is 73.5 cm³/mol. The zero-order valence-electron chi connectivity index (χ0n) is 11.0. The van der Waals surface area contributed by atoms with Gasteiger partial charge in [0, 0.05) is 17.8 Å². The molecule has 2 heterocycles. The summed E-state index contributed by atoms with van der Waals surface area (Å²) in [7, 11) is 0. The Morgan fingerprint density at radius 2 is 2.29 bits per heavy atom. The van der Waals surface area contributed by atoms with Gasteiger partial charge >= 0.3 is 0 Å². The quantitative estimate of drug-likeness (QED) is 0.687. The van der Waals surface area contributed by atoms with E-state index in [9.17, 15) is 0 Å². The smallest absolute Gasteiger partial charge is 0.140 e. The number of oxime groups is 1. The third kappa shape index (κ3) is 2.62. The molecule has 0 spiro atoms.